The molecule has 4 aromatic rings. The van der Waals surface area contributed by atoms with Crippen LogP contribution in [0.3, 0.4) is 0 Å². The van der Waals surface area contributed by atoms with Crippen molar-refractivity contribution in [2.75, 3.05) is 0 Å². The number of fused-ring (bicyclic) bond motifs is 1. The zero-order chi connectivity index (χ0) is 16.6. The minimum atomic E-state index is 1.08. The fourth-order valence-corrected chi connectivity index (χ4v) is 2.58. The summed E-state index contributed by atoms with van der Waals surface area (Å²) in [6, 6.07) is 37.2. The lowest BCUT2D eigenvalue weighted by Gasteiger charge is -2.04. The molecule has 0 unspecified atom stereocenters. The van der Waals surface area contributed by atoms with Crippen molar-refractivity contribution in [3.05, 3.63) is 127 Å². The molecule has 0 N–H and O–H groups in total. The van der Waals surface area contributed by atoms with Crippen LogP contribution in [0.2, 0.25) is 0 Å². The van der Waals surface area contributed by atoms with E-state index < -0.39 is 0 Å². The van der Waals surface area contributed by atoms with Gasteiger partial charge in [0.15, 0.2) is 0 Å². The molecule has 4 aromatic carbocycles. The van der Waals surface area contributed by atoms with Gasteiger partial charge in [-0.05, 0) is 27.5 Å². The maximum atomic E-state index is 4.10. The van der Waals surface area contributed by atoms with E-state index in [1.165, 1.54) is 21.9 Å². The zero-order valence-electron chi connectivity index (χ0n) is 13.6. The molecule has 4 rings (SSSR count). The number of hydrogen-bond donors (Lipinski definition) is 0. The van der Waals surface area contributed by atoms with Gasteiger partial charge in [0.05, 0.1) is 0 Å². The molecule has 0 radical (unpaired) electrons. The Hall–Kier alpha value is -3.12. The van der Waals surface area contributed by atoms with Gasteiger partial charge < -0.3 is 0 Å². The van der Waals surface area contributed by atoms with Crippen molar-refractivity contribution in [3.63, 3.8) is 0 Å². The van der Waals surface area contributed by atoms with Gasteiger partial charge in [0.1, 0.15) is 0 Å². The standard InChI is InChI=1S/C14H12.C10H8/c1-12(13-8-4-2-5-9-13)14-10-6-3-7-11-14;1-2-6-10-8-4-3-7-9(10)5-1/h2-11H,1H2;1-8H. The highest BCUT2D eigenvalue weighted by Crippen LogP contribution is 2.20. The predicted molar refractivity (Wildman–Crippen MR) is 105 cm³/mol. The second kappa shape index (κ2) is 7.94. The molecule has 0 aliphatic rings. The first-order valence-corrected chi connectivity index (χ1v) is 8.08. The third kappa shape index (κ3) is 3.99. The van der Waals surface area contributed by atoms with Crippen LogP contribution in [0.15, 0.2) is 116 Å². The topological polar surface area (TPSA) is 0 Å². The van der Waals surface area contributed by atoms with E-state index in [4.69, 9.17) is 0 Å². The van der Waals surface area contributed by atoms with Crippen molar-refractivity contribution in [3.8, 4) is 0 Å². The quantitative estimate of drug-likeness (QED) is 0.392. The summed E-state index contributed by atoms with van der Waals surface area (Å²) in [5.41, 5.74) is 3.43. The van der Waals surface area contributed by atoms with Gasteiger partial charge in [0, 0.05) is 0 Å². The van der Waals surface area contributed by atoms with Crippen LogP contribution in [0.1, 0.15) is 11.1 Å². The summed E-state index contributed by atoms with van der Waals surface area (Å²) in [4.78, 5) is 0. The summed E-state index contributed by atoms with van der Waals surface area (Å²) in [5.74, 6) is 0. The maximum absolute atomic E-state index is 4.10. The summed E-state index contributed by atoms with van der Waals surface area (Å²) >= 11 is 0. The van der Waals surface area contributed by atoms with Gasteiger partial charge in [-0.25, -0.2) is 0 Å². The lowest BCUT2D eigenvalue weighted by Crippen LogP contribution is -1.84. The zero-order valence-corrected chi connectivity index (χ0v) is 13.6. The number of rotatable bonds is 2. The Morgan fingerprint density at radius 3 is 1.04 bits per heavy atom. The monoisotopic (exact) mass is 308 g/mol. The Labute approximate surface area is 143 Å². The Bertz CT molecular complexity index is 799. The molecule has 0 heterocycles. The molecule has 0 fully saturated rings. The van der Waals surface area contributed by atoms with E-state index in [-0.39, 0.29) is 0 Å². The molecule has 0 saturated carbocycles. The minimum Gasteiger partial charge on any atom is -0.0906 e. The molecule has 0 bridgehead atoms. The highest BCUT2D eigenvalue weighted by atomic mass is 14.0. The highest BCUT2D eigenvalue weighted by Gasteiger charge is 1.99. The van der Waals surface area contributed by atoms with Crippen LogP contribution in [0.25, 0.3) is 16.3 Å². The Morgan fingerprint density at radius 1 is 0.417 bits per heavy atom. The lowest BCUT2D eigenvalue weighted by atomic mass is 10.0. The molecule has 0 spiro atoms. The van der Waals surface area contributed by atoms with Crippen LogP contribution < -0.4 is 0 Å². The lowest BCUT2D eigenvalue weighted by molar-refractivity contribution is 1.56. The molecular weight excluding hydrogens is 288 g/mol. The van der Waals surface area contributed by atoms with Crippen molar-refractivity contribution in [2.24, 2.45) is 0 Å². The van der Waals surface area contributed by atoms with Gasteiger partial charge in [0.2, 0.25) is 0 Å². The van der Waals surface area contributed by atoms with Gasteiger partial charge in [-0.3, -0.25) is 0 Å². The largest absolute Gasteiger partial charge is 0.0906 e. The van der Waals surface area contributed by atoms with Crippen LogP contribution in [0.4, 0.5) is 0 Å². The van der Waals surface area contributed by atoms with E-state index >= 15 is 0 Å². The van der Waals surface area contributed by atoms with Crippen LogP contribution in [0, 0.1) is 0 Å². The molecule has 0 saturated heterocycles. The smallest absolute Gasteiger partial charge is 0.0183 e. The third-order valence-electron chi connectivity index (χ3n) is 3.90. The average Bonchev–Trinajstić information content (AvgIpc) is 2.69. The summed E-state index contributed by atoms with van der Waals surface area (Å²) in [6.45, 7) is 4.10. The van der Waals surface area contributed by atoms with Crippen LogP contribution >= 0.6 is 0 Å². The summed E-state index contributed by atoms with van der Waals surface area (Å²) < 4.78 is 0. The molecule has 0 atom stereocenters. The second-order valence-corrected chi connectivity index (χ2v) is 5.56. The van der Waals surface area contributed by atoms with Gasteiger partial charge in [-0.1, -0.05) is 116 Å². The van der Waals surface area contributed by atoms with Crippen LogP contribution in [0.5, 0.6) is 0 Å². The third-order valence-corrected chi connectivity index (χ3v) is 3.90. The Morgan fingerprint density at radius 2 is 0.708 bits per heavy atom. The molecule has 0 aliphatic carbocycles. The molecule has 0 aromatic heterocycles. The van der Waals surface area contributed by atoms with Crippen molar-refractivity contribution >= 4 is 16.3 Å². The first kappa shape index (κ1) is 15.8. The Kier molecular flexibility index (Phi) is 5.21. The molecular formula is C24H20. The summed E-state index contributed by atoms with van der Waals surface area (Å²) in [6.07, 6.45) is 0. The first-order valence-electron chi connectivity index (χ1n) is 8.08. The van der Waals surface area contributed by atoms with E-state index in [1.807, 2.05) is 36.4 Å². The SMILES string of the molecule is C=C(c1ccccc1)c1ccccc1.c1ccc2ccccc2c1. The van der Waals surface area contributed by atoms with E-state index in [0.717, 1.165) is 5.57 Å². The molecule has 0 amide bonds. The average molecular weight is 308 g/mol. The van der Waals surface area contributed by atoms with Gasteiger partial charge in [-0.2, -0.15) is 0 Å². The number of benzene rings is 4. The van der Waals surface area contributed by atoms with Crippen molar-refractivity contribution in [1.82, 2.24) is 0 Å². The van der Waals surface area contributed by atoms with E-state index in [9.17, 15) is 0 Å². The van der Waals surface area contributed by atoms with Crippen molar-refractivity contribution < 1.29 is 0 Å². The molecule has 116 valence electrons. The van der Waals surface area contributed by atoms with E-state index in [2.05, 4.69) is 79.4 Å². The van der Waals surface area contributed by atoms with E-state index in [0.29, 0.717) is 0 Å². The van der Waals surface area contributed by atoms with E-state index in [1.54, 1.807) is 0 Å². The fourth-order valence-electron chi connectivity index (χ4n) is 2.58. The maximum Gasteiger partial charge on any atom is -0.0183 e. The van der Waals surface area contributed by atoms with Crippen molar-refractivity contribution in [2.45, 2.75) is 0 Å². The Balaban J connectivity index is 0.000000149. The normalized spacial score (nSPS) is 9.83. The second-order valence-electron chi connectivity index (χ2n) is 5.56. The van der Waals surface area contributed by atoms with Crippen molar-refractivity contribution in [1.29, 1.82) is 0 Å². The number of hydrogen-bond acceptors (Lipinski definition) is 0. The van der Waals surface area contributed by atoms with Gasteiger partial charge in [0.25, 0.3) is 0 Å². The molecule has 0 aliphatic heterocycles. The fraction of sp³-hybridized carbons (Fsp3) is 0. The minimum absolute atomic E-state index is 1.08. The van der Waals surface area contributed by atoms with Gasteiger partial charge in [-0.15, -0.1) is 0 Å². The summed E-state index contributed by atoms with van der Waals surface area (Å²) in [5, 5.41) is 2.62. The predicted octanol–water partition coefficient (Wildman–Crippen LogP) is 6.59. The van der Waals surface area contributed by atoms with Crippen LogP contribution in [-0.2, 0) is 0 Å². The molecule has 24 heavy (non-hydrogen) atoms. The molecule has 0 heteroatoms. The highest BCUT2D eigenvalue weighted by molar-refractivity contribution is 5.82. The van der Waals surface area contributed by atoms with Crippen LogP contribution in [-0.4, -0.2) is 0 Å². The first-order chi connectivity index (χ1) is 11.8. The van der Waals surface area contributed by atoms with Gasteiger partial charge >= 0.3 is 0 Å². The molecule has 0 nitrogen and oxygen atoms in total. The summed E-state index contributed by atoms with van der Waals surface area (Å²) in [7, 11) is 0.